The lowest BCUT2D eigenvalue weighted by Gasteiger charge is -2.28. The van der Waals surface area contributed by atoms with Crippen LogP contribution in [0.4, 0.5) is 0 Å². The quantitative estimate of drug-likeness (QED) is 0.711. The standard InChI is InChI=1S/C11H24N2O2S/c1-11(2,7-8-12)13-16(14,15)9-6-10-4-3-5-10/h10,13H,3-9,12H2,1-2H3. The monoisotopic (exact) mass is 248 g/mol. The molecule has 0 spiro atoms. The van der Waals surface area contributed by atoms with E-state index in [1.165, 1.54) is 19.3 Å². The van der Waals surface area contributed by atoms with Gasteiger partial charge in [-0.3, -0.25) is 0 Å². The van der Waals surface area contributed by atoms with Crippen molar-refractivity contribution in [2.24, 2.45) is 11.7 Å². The molecular formula is C11H24N2O2S. The molecule has 0 amide bonds. The summed E-state index contributed by atoms with van der Waals surface area (Å²) in [6.07, 6.45) is 5.12. The summed E-state index contributed by atoms with van der Waals surface area (Å²) < 4.78 is 26.4. The van der Waals surface area contributed by atoms with Crippen LogP contribution in [0.2, 0.25) is 0 Å². The van der Waals surface area contributed by atoms with E-state index < -0.39 is 15.6 Å². The van der Waals surface area contributed by atoms with Gasteiger partial charge in [0.1, 0.15) is 0 Å². The van der Waals surface area contributed by atoms with Gasteiger partial charge in [0.2, 0.25) is 10.0 Å². The van der Waals surface area contributed by atoms with Gasteiger partial charge < -0.3 is 5.73 Å². The number of rotatable bonds is 7. The van der Waals surface area contributed by atoms with E-state index in [9.17, 15) is 8.42 Å². The Morgan fingerprint density at radius 1 is 1.38 bits per heavy atom. The third-order valence-corrected chi connectivity index (χ3v) is 4.86. The van der Waals surface area contributed by atoms with Gasteiger partial charge in [-0.15, -0.1) is 0 Å². The van der Waals surface area contributed by atoms with Crippen LogP contribution in [-0.4, -0.2) is 26.3 Å². The summed E-state index contributed by atoms with van der Waals surface area (Å²) in [6, 6.07) is 0. The van der Waals surface area contributed by atoms with E-state index in [2.05, 4.69) is 4.72 Å². The molecule has 1 fully saturated rings. The molecule has 0 unspecified atom stereocenters. The number of nitrogens with one attached hydrogen (secondary N) is 1. The Hall–Kier alpha value is -0.130. The minimum atomic E-state index is -3.14. The predicted molar refractivity (Wildman–Crippen MR) is 66.6 cm³/mol. The summed E-state index contributed by atoms with van der Waals surface area (Å²) in [6.45, 7) is 4.25. The van der Waals surface area contributed by atoms with E-state index in [4.69, 9.17) is 5.73 Å². The van der Waals surface area contributed by atoms with Crippen molar-refractivity contribution in [3.8, 4) is 0 Å². The van der Waals surface area contributed by atoms with E-state index in [-0.39, 0.29) is 5.75 Å². The molecule has 1 rings (SSSR count). The first kappa shape index (κ1) is 13.9. The average Bonchev–Trinajstić information content (AvgIpc) is 1.97. The summed E-state index contributed by atoms with van der Waals surface area (Å²) in [7, 11) is -3.14. The van der Waals surface area contributed by atoms with E-state index >= 15 is 0 Å². The Balaban J connectivity index is 2.37. The van der Waals surface area contributed by atoms with Gasteiger partial charge in [0.25, 0.3) is 0 Å². The van der Waals surface area contributed by atoms with Crippen LogP contribution in [0.5, 0.6) is 0 Å². The van der Waals surface area contributed by atoms with Crippen LogP contribution >= 0.6 is 0 Å². The number of hydrogen-bond acceptors (Lipinski definition) is 3. The largest absolute Gasteiger partial charge is 0.330 e. The van der Waals surface area contributed by atoms with E-state index in [1.54, 1.807) is 0 Å². The molecule has 96 valence electrons. The fourth-order valence-corrected chi connectivity index (χ4v) is 3.68. The van der Waals surface area contributed by atoms with Crippen molar-refractivity contribution in [3.63, 3.8) is 0 Å². The summed E-state index contributed by atoms with van der Waals surface area (Å²) >= 11 is 0. The third-order valence-electron chi connectivity index (χ3n) is 3.22. The number of hydrogen-bond donors (Lipinski definition) is 2. The molecule has 4 nitrogen and oxygen atoms in total. The van der Waals surface area contributed by atoms with E-state index in [0.717, 1.165) is 6.42 Å². The molecule has 0 aromatic rings. The molecule has 1 aliphatic rings. The maximum absolute atomic E-state index is 11.8. The molecule has 0 atom stereocenters. The van der Waals surface area contributed by atoms with Crippen LogP contribution in [0, 0.1) is 5.92 Å². The van der Waals surface area contributed by atoms with Gasteiger partial charge in [0, 0.05) is 5.54 Å². The summed E-state index contributed by atoms with van der Waals surface area (Å²) in [5.41, 5.74) is 5.03. The van der Waals surface area contributed by atoms with Crippen LogP contribution in [0.15, 0.2) is 0 Å². The average molecular weight is 248 g/mol. The summed E-state index contributed by atoms with van der Waals surface area (Å²) in [5, 5.41) is 0. The highest BCUT2D eigenvalue weighted by Crippen LogP contribution is 2.29. The molecule has 0 radical (unpaired) electrons. The van der Waals surface area contributed by atoms with Crippen molar-refractivity contribution in [3.05, 3.63) is 0 Å². The Morgan fingerprint density at radius 3 is 2.44 bits per heavy atom. The maximum Gasteiger partial charge on any atom is 0.212 e. The smallest absolute Gasteiger partial charge is 0.212 e. The molecule has 3 N–H and O–H groups in total. The zero-order chi connectivity index (χ0) is 12.2. The van der Waals surface area contributed by atoms with E-state index in [1.807, 2.05) is 13.8 Å². The van der Waals surface area contributed by atoms with Crippen LogP contribution < -0.4 is 10.5 Å². The van der Waals surface area contributed by atoms with Gasteiger partial charge in [0.15, 0.2) is 0 Å². The molecule has 0 saturated heterocycles. The van der Waals surface area contributed by atoms with Crippen molar-refractivity contribution in [2.45, 2.75) is 51.5 Å². The van der Waals surface area contributed by atoms with Crippen molar-refractivity contribution >= 4 is 10.0 Å². The highest BCUT2D eigenvalue weighted by atomic mass is 32.2. The summed E-state index contributed by atoms with van der Waals surface area (Å²) in [5.74, 6) is 0.889. The topological polar surface area (TPSA) is 72.2 Å². The van der Waals surface area contributed by atoms with Gasteiger partial charge in [-0.2, -0.15) is 0 Å². The van der Waals surface area contributed by atoms with Gasteiger partial charge in [-0.1, -0.05) is 19.3 Å². The SMILES string of the molecule is CC(C)(CCN)NS(=O)(=O)CCC1CCC1. The lowest BCUT2D eigenvalue weighted by atomic mass is 9.84. The fourth-order valence-electron chi connectivity index (χ4n) is 1.99. The summed E-state index contributed by atoms with van der Waals surface area (Å²) in [4.78, 5) is 0. The fraction of sp³-hybridized carbons (Fsp3) is 1.00. The molecular weight excluding hydrogens is 224 g/mol. The van der Waals surface area contributed by atoms with E-state index in [0.29, 0.717) is 18.9 Å². The Morgan fingerprint density at radius 2 is 2.00 bits per heavy atom. The second kappa shape index (κ2) is 5.47. The Labute approximate surface area is 99.0 Å². The first-order valence-corrected chi connectivity index (χ1v) is 7.71. The zero-order valence-corrected chi connectivity index (χ0v) is 11.1. The van der Waals surface area contributed by atoms with Crippen LogP contribution in [0.3, 0.4) is 0 Å². The Bertz CT molecular complexity index is 308. The van der Waals surface area contributed by atoms with Gasteiger partial charge >= 0.3 is 0 Å². The third kappa shape index (κ3) is 4.80. The minimum Gasteiger partial charge on any atom is -0.330 e. The van der Waals surface area contributed by atoms with Crippen molar-refractivity contribution in [1.29, 1.82) is 0 Å². The van der Waals surface area contributed by atoms with Gasteiger partial charge in [-0.25, -0.2) is 13.1 Å². The number of nitrogens with two attached hydrogens (primary N) is 1. The molecule has 16 heavy (non-hydrogen) atoms. The molecule has 5 heteroatoms. The normalized spacial score (nSPS) is 18.4. The molecule has 0 aromatic heterocycles. The molecule has 0 bridgehead atoms. The van der Waals surface area contributed by atoms with Crippen molar-refractivity contribution in [2.75, 3.05) is 12.3 Å². The molecule has 1 aliphatic carbocycles. The minimum absolute atomic E-state index is 0.256. The molecule has 0 aliphatic heterocycles. The highest BCUT2D eigenvalue weighted by Gasteiger charge is 2.26. The molecule has 0 aromatic carbocycles. The van der Waals surface area contributed by atoms with Gasteiger partial charge in [-0.05, 0) is 39.2 Å². The first-order valence-electron chi connectivity index (χ1n) is 6.06. The first-order chi connectivity index (χ1) is 7.35. The molecule has 0 heterocycles. The van der Waals surface area contributed by atoms with Crippen LogP contribution in [-0.2, 0) is 10.0 Å². The second-order valence-electron chi connectivity index (χ2n) is 5.43. The van der Waals surface area contributed by atoms with Crippen LogP contribution in [0.1, 0.15) is 46.0 Å². The lowest BCUT2D eigenvalue weighted by molar-refractivity contribution is 0.306. The second-order valence-corrected chi connectivity index (χ2v) is 7.27. The highest BCUT2D eigenvalue weighted by molar-refractivity contribution is 7.89. The van der Waals surface area contributed by atoms with Gasteiger partial charge in [0.05, 0.1) is 5.75 Å². The molecule has 1 saturated carbocycles. The predicted octanol–water partition coefficient (Wildman–Crippen LogP) is 1.22. The zero-order valence-electron chi connectivity index (χ0n) is 10.3. The lowest BCUT2D eigenvalue weighted by Crippen LogP contribution is -2.45. The maximum atomic E-state index is 11.8. The van der Waals surface area contributed by atoms with Crippen molar-refractivity contribution < 1.29 is 8.42 Å². The number of sulfonamides is 1. The van der Waals surface area contributed by atoms with Crippen molar-refractivity contribution in [1.82, 2.24) is 4.72 Å². The van der Waals surface area contributed by atoms with Crippen LogP contribution in [0.25, 0.3) is 0 Å². The Kier molecular flexibility index (Phi) is 4.76.